The fourth-order valence-electron chi connectivity index (χ4n) is 2.71. The van der Waals surface area contributed by atoms with Crippen molar-refractivity contribution in [1.29, 1.82) is 0 Å². The fourth-order valence-corrected chi connectivity index (χ4v) is 2.71. The summed E-state index contributed by atoms with van der Waals surface area (Å²) in [6, 6.07) is 25.7. The molecule has 0 heterocycles. The van der Waals surface area contributed by atoms with Crippen molar-refractivity contribution >= 4 is 5.69 Å². The van der Waals surface area contributed by atoms with Gasteiger partial charge in [-0.1, -0.05) is 42.5 Å². The van der Waals surface area contributed by atoms with E-state index in [1.807, 2.05) is 78.9 Å². The van der Waals surface area contributed by atoms with E-state index in [-0.39, 0.29) is 0 Å². The Morgan fingerprint density at radius 3 is 2.00 bits per heavy atom. The molecular weight excluding hydrogens is 366 g/mol. The van der Waals surface area contributed by atoms with Gasteiger partial charge in [-0.15, -0.1) is 0 Å². The van der Waals surface area contributed by atoms with E-state index in [0.717, 1.165) is 28.5 Å². The second-order valence-electron chi connectivity index (χ2n) is 6.34. The molecule has 0 bridgehead atoms. The summed E-state index contributed by atoms with van der Waals surface area (Å²) in [5.41, 5.74) is 2.11. The molecule has 0 spiro atoms. The van der Waals surface area contributed by atoms with E-state index >= 15 is 0 Å². The van der Waals surface area contributed by atoms with Gasteiger partial charge >= 0.3 is 0 Å². The topological polar surface area (TPSA) is 49.0 Å². The fraction of sp³-hybridized carbons (Fsp3) is 0.250. The van der Waals surface area contributed by atoms with Crippen LogP contribution in [-0.2, 0) is 11.3 Å². The second kappa shape index (κ2) is 11.6. The Hall–Kier alpha value is -3.18. The van der Waals surface area contributed by atoms with Crippen molar-refractivity contribution in [3.63, 3.8) is 0 Å². The third-order valence-corrected chi connectivity index (χ3v) is 4.20. The van der Waals surface area contributed by atoms with Crippen LogP contribution in [0, 0.1) is 0 Å². The number of benzene rings is 3. The van der Waals surface area contributed by atoms with Gasteiger partial charge in [0.2, 0.25) is 0 Å². The van der Waals surface area contributed by atoms with Gasteiger partial charge in [0, 0.05) is 13.7 Å². The van der Waals surface area contributed by atoms with Crippen LogP contribution in [0.3, 0.4) is 0 Å². The average Bonchev–Trinajstić information content (AvgIpc) is 2.78. The SMILES string of the molecule is COCCOc1ccc(CNc2ccccc2OCCOc2ccccc2)cc1. The van der Waals surface area contributed by atoms with Crippen molar-refractivity contribution in [2.24, 2.45) is 0 Å². The molecule has 0 saturated carbocycles. The number of methoxy groups -OCH3 is 1. The number of hydrogen-bond donors (Lipinski definition) is 1. The first-order valence-corrected chi connectivity index (χ1v) is 9.69. The molecule has 5 heteroatoms. The molecule has 0 unspecified atom stereocenters. The van der Waals surface area contributed by atoms with Crippen molar-refractivity contribution in [2.75, 3.05) is 38.9 Å². The second-order valence-corrected chi connectivity index (χ2v) is 6.34. The summed E-state index contributed by atoms with van der Waals surface area (Å²) >= 11 is 0. The van der Waals surface area contributed by atoms with Gasteiger partial charge in [0.05, 0.1) is 12.3 Å². The minimum atomic E-state index is 0.473. The summed E-state index contributed by atoms with van der Waals surface area (Å²) in [6.45, 7) is 2.78. The molecule has 29 heavy (non-hydrogen) atoms. The Morgan fingerprint density at radius 2 is 1.24 bits per heavy atom. The molecule has 1 N–H and O–H groups in total. The van der Waals surface area contributed by atoms with Gasteiger partial charge in [-0.2, -0.15) is 0 Å². The Morgan fingerprint density at radius 1 is 0.621 bits per heavy atom. The highest BCUT2D eigenvalue weighted by molar-refractivity contribution is 5.56. The summed E-state index contributed by atoms with van der Waals surface area (Å²) < 4.78 is 22.2. The smallest absolute Gasteiger partial charge is 0.142 e. The average molecular weight is 393 g/mol. The molecule has 5 nitrogen and oxygen atoms in total. The molecule has 3 aromatic rings. The standard InChI is InChI=1S/C24H27NO4/c1-26-15-16-27-22-13-11-20(12-14-22)19-25-23-9-5-6-10-24(23)29-18-17-28-21-7-3-2-4-8-21/h2-14,25H,15-19H2,1H3. The Kier molecular flexibility index (Phi) is 8.23. The zero-order chi connectivity index (χ0) is 20.2. The molecule has 0 radical (unpaired) electrons. The molecular formula is C24H27NO4. The maximum atomic E-state index is 5.90. The summed E-state index contributed by atoms with van der Waals surface area (Å²) in [7, 11) is 1.66. The third kappa shape index (κ3) is 7.05. The Labute approximate surface area is 172 Å². The minimum absolute atomic E-state index is 0.473. The van der Waals surface area contributed by atoms with Crippen molar-refractivity contribution in [2.45, 2.75) is 6.54 Å². The Bertz CT molecular complexity index is 837. The molecule has 0 aliphatic carbocycles. The van der Waals surface area contributed by atoms with E-state index in [9.17, 15) is 0 Å². The molecule has 0 aromatic heterocycles. The maximum absolute atomic E-state index is 5.90. The van der Waals surface area contributed by atoms with Crippen LogP contribution in [0.1, 0.15) is 5.56 Å². The van der Waals surface area contributed by atoms with Gasteiger partial charge < -0.3 is 24.3 Å². The molecule has 0 saturated heterocycles. The monoisotopic (exact) mass is 393 g/mol. The van der Waals surface area contributed by atoms with Gasteiger partial charge in [-0.25, -0.2) is 0 Å². The Balaban J connectivity index is 1.46. The van der Waals surface area contributed by atoms with Crippen LogP contribution < -0.4 is 19.5 Å². The van der Waals surface area contributed by atoms with E-state index in [2.05, 4.69) is 5.32 Å². The van der Waals surface area contributed by atoms with E-state index in [1.165, 1.54) is 0 Å². The lowest BCUT2D eigenvalue weighted by atomic mass is 10.2. The van der Waals surface area contributed by atoms with Crippen LogP contribution in [-0.4, -0.2) is 33.5 Å². The predicted molar refractivity (Wildman–Crippen MR) is 115 cm³/mol. The first kappa shape index (κ1) is 20.6. The minimum Gasteiger partial charge on any atom is -0.491 e. The molecule has 0 fully saturated rings. The van der Waals surface area contributed by atoms with Crippen LogP contribution in [0.4, 0.5) is 5.69 Å². The lowest BCUT2D eigenvalue weighted by Gasteiger charge is -2.14. The molecule has 3 rings (SSSR count). The van der Waals surface area contributed by atoms with Gasteiger partial charge in [-0.05, 0) is 42.0 Å². The van der Waals surface area contributed by atoms with Gasteiger partial charge in [0.1, 0.15) is 37.1 Å². The van der Waals surface area contributed by atoms with Crippen molar-refractivity contribution < 1.29 is 18.9 Å². The molecule has 0 aliphatic heterocycles. The highest BCUT2D eigenvalue weighted by atomic mass is 16.5. The largest absolute Gasteiger partial charge is 0.491 e. The lowest BCUT2D eigenvalue weighted by molar-refractivity contribution is 0.146. The number of ether oxygens (including phenoxy) is 4. The van der Waals surface area contributed by atoms with Crippen LogP contribution in [0.5, 0.6) is 17.2 Å². The van der Waals surface area contributed by atoms with Gasteiger partial charge in [0.15, 0.2) is 0 Å². The van der Waals surface area contributed by atoms with Gasteiger partial charge in [-0.3, -0.25) is 0 Å². The van der Waals surface area contributed by atoms with Crippen LogP contribution in [0.15, 0.2) is 78.9 Å². The lowest BCUT2D eigenvalue weighted by Crippen LogP contribution is -2.10. The van der Waals surface area contributed by atoms with Crippen LogP contribution >= 0.6 is 0 Å². The number of nitrogens with one attached hydrogen (secondary N) is 1. The number of para-hydroxylation sites is 3. The predicted octanol–water partition coefficient (Wildman–Crippen LogP) is 4.78. The zero-order valence-electron chi connectivity index (χ0n) is 16.7. The van der Waals surface area contributed by atoms with Crippen molar-refractivity contribution in [3.05, 3.63) is 84.4 Å². The molecule has 0 aliphatic rings. The van der Waals surface area contributed by atoms with E-state index < -0.39 is 0 Å². The first-order valence-electron chi connectivity index (χ1n) is 9.69. The normalized spacial score (nSPS) is 10.4. The quantitative estimate of drug-likeness (QED) is 0.449. The maximum Gasteiger partial charge on any atom is 0.142 e. The summed E-state index contributed by atoms with van der Waals surface area (Å²) in [5, 5.41) is 3.43. The van der Waals surface area contributed by atoms with E-state index in [4.69, 9.17) is 18.9 Å². The molecule has 3 aromatic carbocycles. The number of hydrogen-bond acceptors (Lipinski definition) is 5. The highest BCUT2D eigenvalue weighted by Crippen LogP contribution is 2.24. The molecule has 152 valence electrons. The van der Waals surface area contributed by atoms with Crippen LogP contribution in [0.2, 0.25) is 0 Å². The summed E-state index contributed by atoms with van der Waals surface area (Å²) in [5.74, 6) is 2.49. The first-order chi connectivity index (χ1) is 14.3. The molecule has 0 amide bonds. The van der Waals surface area contributed by atoms with Crippen molar-refractivity contribution in [3.8, 4) is 17.2 Å². The number of anilines is 1. The highest BCUT2D eigenvalue weighted by Gasteiger charge is 2.04. The van der Waals surface area contributed by atoms with Gasteiger partial charge in [0.25, 0.3) is 0 Å². The molecule has 0 atom stereocenters. The van der Waals surface area contributed by atoms with E-state index in [0.29, 0.717) is 33.0 Å². The zero-order valence-corrected chi connectivity index (χ0v) is 16.7. The van der Waals surface area contributed by atoms with E-state index in [1.54, 1.807) is 7.11 Å². The summed E-state index contributed by atoms with van der Waals surface area (Å²) in [4.78, 5) is 0. The summed E-state index contributed by atoms with van der Waals surface area (Å²) in [6.07, 6.45) is 0. The third-order valence-electron chi connectivity index (χ3n) is 4.20. The van der Waals surface area contributed by atoms with Crippen molar-refractivity contribution in [1.82, 2.24) is 0 Å². The van der Waals surface area contributed by atoms with Crippen LogP contribution in [0.25, 0.3) is 0 Å². The number of rotatable bonds is 12.